The van der Waals surface area contributed by atoms with Crippen molar-refractivity contribution in [2.75, 3.05) is 0 Å². The van der Waals surface area contributed by atoms with Gasteiger partial charge in [-0.1, -0.05) is 47.5 Å². The number of nitrogens with zero attached hydrogens (tertiary/aromatic N) is 3. The van der Waals surface area contributed by atoms with E-state index in [1.165, 1.54) is 4.57 Å². The van der Waals surface area contributed by atoms with Gasteiger partial charge in [-0.2, -0.15) is 10.5 Å². The number of thiazole rings is 1. The topological polar surface area (TPSA) is 69.6 Å². The predicted molar refractivity (Wildman–Crippen MR) is 113 cm³/mol. The maximum atomic E-state index is 13.3. The van der Waals surface area contributed by atoms with Crippen LogP contribution in [0.2, 0.25) is 10.0 Å². The first-order chi connectivity index (χ1) is 13.4. The highest BCUT2D eigenvalue weighted by Gasteiger charge is 2.15. The summed E-state index contributed by atoms with van der Waals surface area (Å²) < 4.78 is 2.03. The van der Waals surface area contributed by atoms with Gasteiger partial charge in [0.25, 0.3) is 5.56 Å². The molecule has 0 saturated heterocycles. The van der Waals surface area contributed by atoms with E-state index in [-0.39, 0.29) is 15.8 Å². The maximum absolute atomic E-state index is 13.3. The van der Waals surface area contributed by atoms with Crippen molar-refractivity contribution in [1.29, 1.82) is 10.5 Å². The van der Waals surface area contributed by atoms with Crippen LogP contribution >= 0.6 is 34.5 Å². The lowest BCUT2D eigenvalue weighted by Crippen LogP contribution is -2.31. The molecule has 0 aliphatic carbocycles. The first-order valence-corrected chi connectivity index (χ1v) is 9.75. The van der Waals surface area contributed by atoms with Crippen molar-refractivity contribution >= 4 is 46.2 Å². The fourth-order valence-electron chi connectivity index (χ4n) is 2.91. The Morgan fingerprint density at radius 1 is 1.04 bits per heavy atom. The van der Waals surface area contributed by atoms with Crippen LogP contribution in [0.3, 0.4) is 0 Å². The molecule has 0 N–H and O–H groups in total. The van der Waals surface area contributed by atoms with E-state index in [1.54, 1.807) is 24.3 Å². The Hall–Kier alpha value is -2.83. The number of aromatic nitrogens is 1. The lowest BCUT2D eigenvalue weighted by Gasteiger charge is -2.10. The molecule has 0 unspecified atom stereocenters. The molecule has 0 fully saturated rings. The van der Waals surface area contributed by atoms with E-state index in [1.807, 2.05) is 44.2 Å². The summed E-state index contributed by atoms with van der Waals surface area (Å²) in [5, 5.41) is 19.6. The fraction of sp³-hybridized carbons (Fsp3) is 0.0952. The third-order valence-corrected chi connectivity index (χ3v) is 5.95. The predicted octanol–water partition coefficient (Wildman–Crippen LogP) is 3.85. The minimum Gasteiger partial charge on any atom is -0.267 e. The van der Waals surface area contributed by atoms with Crippen molar-refractivity contribution in [3.8, 4) is 17.8 Å². The van der Waals surface area contributed by atoms with Crippen LogP contribution in [-0.2, 0) is 0 Å². The molecule has 28 heavy (non-hydrogen) atoms. The zero-order valence-corrected chi connectivity index (χ0v) is 17.3. The molecule has 0 spiro atoms. The number of rotatable bonds is 2. The zero-order valence-electron chi connectivity index (χ0n) is 15.0. The average Bonchev–Trinajstić information content (AvgIpc) is 2.96. The van der Waals surface area contributed by atoms with Crippen molar-refractivity contribution in [3.05, 3.63) is 82.7 Å². The molecule has 1 aromatic heterocycles. The SMILES string of the molecule is Cc1cccc(C)c1-n1c(=C(C#N)C#N)sc(=Cc2c(Cl)cccc2Cl)c1=O. The first kappa shape index (κ1) is 19.9. The van der Waals surface area contributed by atoms with Crippen LogP contribution in [0.15, 0.2) is 41.2 Å². The fourth-order valence-corrected chi connectivity index (χ4v) is 4.44. The summed E-state index contributed by atoms with van der Waals surface area (Å²) in [5.41, 5.74) is 2.43. The van der Waals surface area contributed by atoms with Crippen molar-refractivity contribution < 1.29 is 0 Å². The third-order valence-electron chi connectivity index (χ3n) is 4.20. The summed E-state index contributed by atoms with van der Waals surface area (Å²) in [6, 6.07) is 14.5. The van der Waals surface area contributed by atoms with E-state index in [2.05, 4.69) is 0 Å². The van der Waals surface area contributed by atoms with Gasteiger partial charge < -0.3 is 0 Å². The number of benzene rings is 2. The number of aryl methyl sites for hydroxylation is 2. The minimum absolute atomic E-state index is 0.130. The third kappa shape index (κ3) is 3.48. The van der Waals surface area contributed by atoms with Crippen LogP contribution in [0, 0.1) is 36.5 Å². The number of para-hydroxylation sites is 1. The second-order valence-electron chi connectivity index (χ2n) is 6.03. The molecular weight excluding hydrogens is 413 g/mol. The summed E-state index contributed by atoms with van der Waals surface area (Å²) in [7, 11) is 0. The number of nitriles is 2. The van der Waals surface area contributed by atoms with Crippen molar-refractivity contribution in [2.24, 2.45) is 0 Å². The molecule has 2 aromatic carbocycles. The van der Waals surface area contributed by atoms with Crippen LogP contribution in [-0.4, -0.2) is 4.57 Å². The lowest BCUT2D eigenvalue weighted by atomic mass is 10.1. The molecule has 4 nitrogen and oxygen atoms in total. The van der Waals surface area contributed by atoms with Gasteiger partial charge in [0.1, 0.15) is 16.8 Å². The van der Waals surface area contributed by atoms with E-state index in [0.29, 0.717) is 25.8 Å². The lowest BCUT2D eigenvalue weighted by molar-refractivity contribution is 0.962. The molecule has 138 valence electrons. The van der Waals surface area contributed by atoms with Crippen LogP contribution in [0.25, 0.3) is 17.3 Å². The van der Waals surface area contributed by atoms with Gasteiger partial charge in [0, 0.05) is 15.6 Å². The van der Waals surface area contributed by atoms with Gasteiger partial charge in [-0.15, -0.1) is 11.3 Å². The Morgan fingerprint density at radius 2 is 1.57 bits per heavy atom. The Kier molecular flexibility index (Phi) is 5.72. The van der Waals surface area contributed by atoms with Crippen molar-refractivity contribution in [2.45, 2.75) is 13.8 Å². The molecule has 3 rings (SSSR count). The Labute approximate surface area is 175 Å². The molecule has 1 heterocycles. The van der Waals surface area contributed by atoms with Crippen molar-refractivity contribution in [1.82, 2.24) is 4.57 Å². The second-order valence-corrected chi connectivity index (χ2v) is 7.88. The zero-order chi connectivity index (χ0) is 20.4. The highest BCUT2D eigenvalue weighted by atomic mass is 35.5. The Morgan fingerprint density at radius 3 is 2.11 bits per heavy atom. The summed E-state index contributed by atoms with van der Waals surface area (Å²) in [4.78, 5) is 13.3. The summed E-state index contributed by atoms with van der Waals surface area (Å²) in [6.45, 7) is 3.76. The van der Waals surface area contributed by atoms with E-state index < -0.39 is 0 Å². The second kappa shape index (κ2) is 8.04. The standard InChI is InChI=1S/C21H13Cl2N3OS/c1-12-5-3-6-13(2)19(12)26-20(27)18(28-21(26)14(10-24)11-25)9-15-16(22)7-4-8-17(15)23/h3-9H,1-2H3. The van der Waals surface area contributed by atoms with Gasteiger partial charge in [0.05, 0.1) is 10.2 Å². The van der Waals surface area contributed by atoms with Gasteiger partial charge in [0.15, 0.2) is 5.57 Å². The molecule has 7 heteroatoms. The van der Waals surface area contributed by atoms with E-state index in [4.69, 9.17) is 23.2 Å². The normalized spacial score (nSPS) is 11.1. The molecule has 0 saturated carbocycles. The Bertz CT molecular complexity index is 1300. The van der Waals surface area contributed by atoms with Gasteiger partial charge in [0.2, 0.25) is 0 Å². The maximum Gasteiger partial charge on any atom is 0.273 e. The number of hydrogen-bond donors (Lipinski definition) is 0. The number of hydrogen-bond acceptors (Lipinski definition) is 4. The number of halogens is 2. The monoisotopic (exact) mass is 425 g/mol. The molecular formula is C21H13Cl2N3OS. The van der Waals surface area contributed by atoms with E-state index in [9.17, 15) is 15.3 Å². The highest BCUT2D eigenvalue weighted by Crippen LogP contribution is 2.24. The summed E-state index contributed by atoms with van der Waals surface area (Å²) in [5.74, 6) is 0. The molecule has 3 aromatic rings. The average molecular weight is 426 g/mol. The van der Waals surface area contributed by atoms with E-state index >= 15 is 0 Å². The van der Waals surface area contributed by atoms with Crippen LogP contribution in [0.4, 0.5) is 0 Å². The van der Waals surface area contributed by atoms with Crippen LogP contribution in [0.1, 0.15) is 16.7 Å². The molecule has 0 radical (unpaired) electrons. The first-order valence-electron chi connectivity index (χ1n) is 8.17. The summed E-state index contributed by atoms with van der Waals surface area (Å²) in [6.07, 6.45) is 1.59. The quantitative estimate of drug-likeness (QED) is 0.625. The van der Waals surface area contributed by atoms with Crippen LogP contribution < -0.4 is 14.8 Å². The largest absolute Gasteiger partial charge is 0.273 e. The smallest absolute Gasteiger partial charge is 0.267 e. The van der Waals surface area contributed by atoms with E-state index in [0.717, 1.165) is 22.5 Å². The van der Waals surface area contributed by atoms with Gasteiger partial charge in [-0.25, -0.2) is 0 Å². The van der Waals surface area contributed by atoms with Gasteiger partial charge in [-0.05, 0) is 43.2 Å². The molecule has 0 aliphatic rings. The molecule has 0 amide bonds. The molecule has 0 atom stereocenters. The minimum atomic E-state index is -0.337. The van der Waals surface area contributed by atoms with Gasteiger partial charge >= 0.3 is 0 Å². The molecule has 0 bridgehead atoms. The highest BCUT2D eigenvalue weighted by molar-refractivity contribution is 7.07. The van der Waals surface area contributed by atoms with Crippen molar-refractivity contribution in [3.63, 3.8) is 0 Å². The summed E-state index contributed by atoms with van der Waals surface area (Å²) >= 11 is 13.5. The van der Waals surface area contributed by atoms with Gasteiger partial charge in [-0.3, -0.25) is 9.36 Å². The van der Waals surface area contributed by atoms with Crippen LogP contribution in [0.5, 0.6) is 0 Å². The Balaban J connectivity index is 2.52. The molecule has 0 aliphatic heterocycles.